The summed E-state index contributed by atoms with van der Waals surface area (Å²) >= 11 is 1.17. The number of likely N-dealkylation sites (N-methyl/N-ethyl adjacent to an activating group) is 2. The van der Waals surface area contributed by atoms with Crippen molar-refractivity contribution in [2.24, 2.45) is 0 Å². The lowest BCUT2D eigenvalue weighted by molar-refractivity contribution is -0.133. The molecule has 1 N–H and O–H groups in total. The number of benzene rings is 1. The Morgan fingerprint density at radius 3 is 2.56 bits per heavy atom. The first kappa shape index (κ1) is 19.0. The van der Waals surface area contributed by atoms with E-state index in [1.807, 2.05) is 45.0 Å². The first-order valence-corrected chi connectivity index (χ1v) is 9.09. The SMILES string of the molecule is CCNC(=O)CN(CC)C(=O)CSc1nnc(-c2ccc(C)cc2)o1. The van der Waals surface area contributed by atoms with Crippen molar-refractivity contribution < 1.29 is 14.0 Å². The van der Waals surface area contributed by atoms with Gasteiger partial charge in [-0.25, -0.2) is 0 Å². The third-order valence-electron chi connectivity index (χ3n) is 3.47. The van der Waals surface area contributed by atoms with Crippen molar-refractivity contribution in [3.8, 4) is 11.5 Å². The lowest BCUT2D eigenvalue weighted by atomic mass is 10.1. The molecule has 2 aromatic rings. The molecule has 0 saturated carbocycles. The van der Waals surface area contributed by atoms with Gasteiger partial charge in [0.2, 0.25) is 17.7 Å². The van der Waals surface area contributed by atoms with Gasteiger partial charge in [-0.15, -0.1) is 10.2 Å². The summed E-state index contributed by atoms with van der Waals surface area (Å²) in [6.07, 6.45) is 0. The molecule has 7 nitrogen and oxygen atoms in total. The van der Waals surface area contributed by atoms with E-state index in [9.17, 15) is 9.59 Å². The number of thioether (sulfide) groups is 1. The van der Waals surface area contributed by atoms with Gasteiger partial charge in [0.25, 0.3) is 5.22 Å². The maximum atomic E-state index is 12.2. The molecule has 0 radical (unpaired) electrons. The molecule has 0 fully saturated rings. The van der Waals surface area contributed by atoms with Gasteiger partial charge in [-0.2, -0.15) is 0 Å². The fourth-order valence-corrected chi connectivity index (χ4v) is 2.76. The van der Waals surface area contributed by atoms with Crippen molar-refractivity contribution in [1.29, 1.82) is 0 Å². The predicted octanol–water partition coefficient (Wildman–Crippen LogP) is 2.12. The maximum Gasteiger partial charge on any atom is 0.277 e. The lowest BCUT2D eigenvalue weighted by Gasteiger charge is -2.19. The highest BCUT2D eigenvalue weighted by molar-refractivity contribution is 7.99. The number of aryl methyl sites for hydroxylation is 1. The van der Waals surface area contributed by atoms with E-state index in [0.29, 0.717) is 24.2 Å². The molecule has 0 spiro atoms. The van der Waals surface area contributed by atoms with Crippen molar-refractivity contribution in [2.45, 2.75) is 26.0 Å². The molecule has 0 aliphatic carbocycles. The molecule has 0 bridgehead atoms. The summed E-state index contributed by atoms with van der Waals surface area (Å²) in [5.74, 6) is 0.253. The molecule has 0 aliphatic rings. The highest BCUT2D eigenvalue weighted by Gasteiger charge is 2.17. The summed E-state index contributed by atoms with van der Waals surface area (Å²) in [6, 6.07) is 7.76. The summed E-state index contributed by atoms with van der Waals surface area (Å²) in [5, 5.41) is 11.0. The Morgan fingerprint density at radius 2 is 1.92 bits per heavy atom. The Labute approximate surface area is 151 Å². The molecule has 2 amide bonds. The fourth-order valence-electron chi connectivity index (χ4n) is 2.10. The monoisotopic (exact) mass is 362 g/mol. The van der Waals surface area contributed by atoms with E-state index in [2.05, 4.69) is 15.5 Å². The Kier molecular flexibility index (Phi) is 7.00. The van der Waals surface area contributed by atoms with Crippen LogP contribution in [-0.4, -0.2) is 52.3 Å². The molecular formula is C17H22N4O3S. The van der Waals surface area contributed by atoms with Gasteiger partial charge in [0, 0.05) is 18.7 Å². The third-order valence-corrected chi connectivity index (χ3v) is 4.27. The average Bonchev–Trinajstić information content (AvgIpc) is 3.07. The Balaban J connectivity index is 1.91. The van der Waals surface area contributed by atoms with E-state index in [4.69, 9.17) is 4.42 Å². The molecule has 134 valence electrons. The molecule has 1 aromatic heterocycles. The first-order valence-electron chi connectivity index (χ1n) is 8.11. The van der Waals surface area contributed by atoms with Crippen LogP contribution in [0.2, 0.25) is 0 Å². The van der Waals surface area contributed by atoms with Gasteiger partial charge >= 0.3 is 0 Å². The predicted molar refractivity (Wildman–Crippen MR) is 96.1 cm³/mol. The molecular weight excluding hydrogens is 340 g/mol. The molecule has 0 saturated heterocycles. The average molecular weight is 362 g/mol. The second-order valence-corrected chi connectivity index (χ2v) is 6.32. The van der Waals surface area contributed by atoms with E-state index in [0.717, 1.165) is 11.1 Å². The van der Waals surface area contributed by atoms with E-state index in [1.165, 1.54) is 16.7 Å². The van der Waals surface area contributed by atoms with Gasteiger partial charge < -0.3 is 14.6 Å². The molecule has 25 heavy (non-hydrogen) atoms. The third kappa shape index (κ3) is 5.60. The van der Waals surface area contributed by atoms with Crippen LogP contribution < -0.4 is 5.32 Å². The van der Waals surface area contributed by atoms with Crippen molar-refractivity contribution in [1.82, 2.24) is 20.4 Å². The van der Waals surface area contributed by atoms with Crippen LogP contribution >= 0.6 is 11.8 Å². The van der Waals surface area contributed by atoms with Crippen LogP contribution in [0.25, 0.3) is 11.5 Å². The van der Waals surface area contributed by atoms with Crippen LogP contribution in [-0.2, 0) is 9.59 Å². The zero-order valence-electron chi connectivity index (χ0n) is 14.6. The van der Waals surface area contributed by atoms with Crippen molar-refractivity contribution in [3.05, 3.63) is 29.8 Å². The number of hydrogen-bond donors (Lipinski definition) is 1. The Bertz CT molecular complexity index is 715. The minimum absolute atomic E-state index is 0.0577. The van der Waals surface area contributed by atoms with Gasteiger partial charge in [0.1, 0.15) is 0 Å². The van der Waals surface area contributed by atoms with Gasteiger partial charge in [-0.1, -0.05) is 29.5 Å². The second-order valence-electron chi connectivity index (χ2n) is 5.39. The van der Waals surface area contributed by atoms with Crippen molar-refractivity contribution in [2.75, 3.05) is 25.4 Å². The van der Waals surface area contributed by atoms with Crippen LogP contribution in [0, 0.1) is 6.92 Å². The fraction of sp³-hybridized carbons (Fsp3) is 0.412. The van der Waals surface area contributed by atoms with E-state index in [-0.39, 0.29) is 24.1 Å². The highest BCUT2D eigenvalue weighted by atomic mass is 32.2. The second kappa shape index (κ2) is 9.22. The number of aromatic nitrogens is 2. The number of nitrogens with one attached hydrogen (secondary N) is 1. The molecule has 1 heterocycles. The largest absolute Gasteiger partial charge is 0.411 e. The summed E-state index contributed by atoms with van der Waals surface area (Å²) in [7, 11) is 0. The van der Waals surface area contributed by atoms with Crippen LogP contribution in [0.15, 0.2) is 33.9 Å². The van der Waals surface area contributed by atoms with E-state index < -0.39 is 0 Å². The van der Waals surface area contributed by atoms with Gasteiger partial charge in [-0.3, -0.25) is 9.59 Å². The minimum Gasteiger partial charge on any atom is -0.411 e. The zero-order valence-corrected chi connectivity index (χ0v) is 15.4. The zero-order chi connectivity index (χ0) is 18.2. The smallest absolute Gasteiger partial charge is 0.277 e. The van der Waals surface area contributed by atoms with Crippen molar-refractivity contribution in [3.63, 3.8) is 0 Å². The normalized spacial score (nSPS) is 10.5. The van der Waals surface area contributed by atoms with Crippen LogP contribution in [0.5, 0.6) is 0 Å². The van der Waals surface area contributed by atoms with Crippen molar-refractivity contribution >= 4 is 23.6 Å². The standard InChI is InChI=1S/C17H22N4O3S/c1-4-18-14(22)10-21(5-2)15(23)11-25-17-20-19-16(24-17)13-8-6-12(3)7-9-13/h6-9H,4-5,10-11H2,1-3H3,(H,18,22). The Hall–Kier alpha value is -2.35. The topological polar surface area (TPSA) is 88.3 Å². The number of carbonyl (C=O) groups is 2. The number of hydrogen-bond acceptors (Lipinski definition) is 6. The minimum atomic E-state index is -0.165. The van der Waals surface area contributed by atoms with E-state index >= 15 is 0 Å². The Morgan fingerprint density at radius 1 is 1.20 bits per heavy atom. The van der Waals surface area contributed by atoms with Crippen LogP contribution in [0.4, 0.5) is 0 Å². The number of amides is 2. The van der Waals surface area contributed by atoms with Crippen LogP contribution in [0.3, 0.4) is 0 Å². The van der Waals surface area contributed by atoms with Gasteiger partial charge in [0.05, 0.1) is 12.3 Å². The van der Waals surface area contributed by atoms with Crippen LogP contribution in [0.1, 0.15) is 19.4 Å². The molecule has 0 atom stereocenters. The highest BCUT2D eigenvalue weighted by Crippen LogP contribution is 2.23. The summed E-state index contributed by atoms with van der Waals surface area (Å²) in [5.41, 5.74) is 1.98. The molecule has 1 aromatic carbocycles. The van der Waals surface area contributed by atoms with Gasteiger partial charge in [0.15, 0.2) is 0 Å². The maximum absolute atomic E-state index is 12.2. The lowest BCUT2D eigenvalue weighted by Crippen LogP contribution is -2.41. The molecule has 2 rings (SSSR count). The first-order chi connectivity index (χ1) is 12.0. The number of rotatable bonds is 8. The summed E-state index contributed by atoms with van der Waals surface area (Å²) in [6.45, 7) is 6.75. The molecule has 0 unspecified atom stereocenters. The molecule has 0 aliphatic heterocycles. The van der Waals surface area contributed by atoms with Gasteiger partial charge in [-0.05, 0) is 32.9 Å². The summed E-state index contributed by atoms with van der Waals surface area (Å²) < 4.78 is 5.58. The quantitative estimate of drug-likeness (QED) is 0.724. The molecule has 8 heteroatoms. The number of carbonyl (C=O) groups excluding carboxylic acids is 2. The number of nitrogens with zero attached hydrogens (tertiary/aromatic N) is 3. The van der Waals surface area contributed by atoms with E-state index in [1.54, 1.807) is 0 Å². The summed E-state index contributed by atoms with van der Waals surface area (Å²) in [4.78, 5) is 25.4.